The highest BCUT2D eigenvalue weighted by Gasteiger charge is 2.15. The van der Waals surface area contributed by atoms with Crippen LogP contribution in [-0.4, -0.2) is 25.0 Å². The molecule has 4 N–H and O–H groups in total. The third-order valence-corrected chi connectivity index (χ3v) is 3.47. The Kier molecular flexibility index (Phi) is 7.79. The normalized spacial score (nSPS) is 11.8. The molecule has 0 spiro atoms. The Morgan fingerprint density at radius 3 is 2.71 bits per heavy atom. The Bertz CT molecular complexity index is 480. The van der Waals surface area contributed by atoms with Gasteiger partial charge in [-0.1, -0.05) is 43.1 Å². The molecule has 6 heteroatoms. The minimum atomic E-state index is -0.438. The molecule has 0 aromatic heterocycles. The first-order valence-corrected chi connectivity index (χ1v) is 7.57. The molecule has 0 bridgehead atoms. The van der Waals surface area contributed by atoms with Crippen molar-refractivity contribution >= 4 is 23.5 Å². The molecule has 1 aromatic rings. The fraction of sp³-hybridized carbons (Fsp3) is 0.467. The van der Waals surface area contributed by atoms with E-state index in [1.807, 2.05) is 43.4 Å². The number of imide groups is 1. The van der Waals surface area contributed by atoms with Crippen molar-refractivity contribution in [1.29, 1.82) is 0 Å². The van der Waals surface area contributed by atoms with Crippen LogP contribution in [0.1, 0.15) is 38.3 Å². The minimum Gasteiger partial charge on any atom is -0.338 e. The maximum Gasteiger partial charge on any atom is 0.321 e. The minimum absolute atomic E-state index is 0.0487. The predicted octanol–water partition coefficient (Wildman–Crippen LogP) is 1.59. The van der Waals surface area contributed by atoms with Gasteiger partial charge < -0.3 is 10.6 Å². The number of nitrogens with one attached hydrogen (secondary N) is 2. The summed E-state index contributed by atoms with van der Waals surface area (Å²) in [4.78, 5) is 23.1. The molecule has 5 nitrogen and oxygen atoms in total. The van der Waals surface area contributed by atoms with E-state index in [4.69, 9.17) is 11.6 Å². The smallest absolute Gasteiger partial charge is 0.321 e. The lowest BCUT2D eigenvalue weighted by Gasteiger charge is -2.12. The number of nitrogens with two attached hydrogens (primary N) is 1. The van der Waals surface area contributed by atoms with E-state index in [0.29, 0.717) is 11.6 Å². The van der Waals surface area contributed by atoms with Crippen LogP contribution in [0.2, 0.25) is 5.02 Å². The lowest BCUT2D eigenvalue weighted by molar-refractivity contribution is -0.682. The van der Waals surface area contributed by atoms with Crippen molar-refractivity contribution in [2.24, 2.45) is 0 Å². The molecule has 0 saturated carbocycles. The first-order chi connectivity index (χ1) is 10.0. The standard InChI is InChI=1S/C15H22ClN3O2/c1-3-4-9-17-15(21)19-14(20)10-18-11(2)12-7-5-6-8-13(12)16/h5-8,11,18H,3-4,9-10H2,1-2H3,(H2,17,19,20,21)/p+1/t11-/m1/s1. The molecule has 0 fully saturated rings. The second-order valence-electron chi connectivity index (χ2n) is 4.91. The van der Waals surface area contributed by atoms with E-state index in [1.54, 1.807) is 0 Å². The van der Waals surface area contributed by atoms with Crippen LogP contribution in [0.25, 0.3) is 0 Å². The number of quaternary nitrogens is 1. The van der Waals surface area contributed by atoms with E-state index in [9.17, 15) is 9.59 Å². The van der Waals surface area contributed by atoms with Gasteiger partial charge in [0, 0.05) is 17.1 Å². The zero-order valence-corrected chi connectivity index (χ0v) is 13.2. The predicted molar refractivity (Wildman–Crippen MR) is 83.1 cm³/mol. The van der Waals surface area contributed by atoms with Crippen molar-refractivity contribution in [2.45, 2.75) is 32.7 Å². The summed E-state index contributed by atoms with van der Waals surface area (Å²) >= 11 is 6.11. The average molecular weight is 313 g/mol. The van der Waals surface area contributed by atoms with Crippen molar-refractivity contribution in [3.05, 3.63) is 34.9 Å². The SMILES string of the molecule is CCCCNC(=O)NC(=O)C[NH2+][C@H](C)c1ccccc1Cl. The van der Waals surface area contributed by atoms with Gasteiger partial charge in [-0.05, 0) is 19.4 Å². The molecule has 0 aliphatic rings. The van der Waals surface area contributed by atoms with Gasteiger partial charge >= 0.3 is 6.03 Å². The number of halogens is 1. The molecule has 1 atom stereocenters. The number of urea groups is 1. The monoisotopic (exact) mass is 312 g/mol. The highest BCUT2D eigenvalue weighted by atomic mass is 35.5. The van der Waals surface area contributed by atoms with Gasteiger partial charge in [-0.25, -0.2) is 4.79 Å². The van der Waals surface area contributed by atoms with Gasteiger partial charge in [-0.15, -0.1) is 0 Å². The Labute approximate surface area is 130 Å². The second kappa shape index (κ2) is 9.37. The number of carbonyl (C=O) groups is 2. The number of hydrogen-bond donors (Lipinski definition) is 3. The number of amides is 3. The Hall–Kier alpha value is -1.59. The largest absolute Gasteiger partial charge is 0.338 e. The van der Waals surface area contributed by atoms with Crippen LogP contribution >= 0.6 is 11.6 Å². The third-order valence-electron chi connectivity index (χ3n) is 3.12. The molecule has 1 aromatic carbocycles. The fourth-order valence-corrected chi connectivity index (χ4v) is 2.16. The van der Waals surface area contributed by atoms with Gasteiger partial charge in [0.1, 0.15) is 6.04 Å². The molecule has 3 amide bonds. The summed E-state index contributed by atoms with van der Waals surface area (Å²) in [6.07, 6.45) is 1.90. The first-order valence-electron chi connectivity index (χ1n) is 7.20. The van der Waals surface area contributed by atoms with Gasteiger partial charge in [0.05, 0.1) is 0 Å². The van der Waals surface area contributed by atoms with E-state index >= 15 is 0 Å². The molecular weight excluding hydrogens is 290 g/mol. The van der Waals surface area contributed by atoms with Crippen LogP contribution in [-0.2, 0) is 4.79 Å². The number of rotatable bonds is 7. The summed E-state index contributed by atoms with van der Waals surface area (Å²) < 4.78 is 0. The number of benzene rings is 1. The lowest BCUT2D eigenvalue weighted by Crippen LogP contribution is -2.87. The summed E-state index contributed by atoms with van der Waals surface area (Å²) in [6, 6.07) is 7.14. The molecule has 0 radical (unpaired) electrons. The van der Waals surface area contributed by atoms with Crippen molar-refractivity contribution in [2.75, 3.05) is 13.1 Å². The molecule has 0 aliphatic heterocycles. The molecule has 116 valence electrons. The van der Waals surface area contributed by atoms with Crippen LogP contribution in [0.3, 0.4) is 0 Å². The lowest BCUT2D eigenvalue weighted by atomic mass is 10.1. The second-order valence-corrected chi connectivity index (χ2v) is 5.31. The van der Waals surface area contributed by atoms with Crippen molar-refractivity contribution in [3.8, 4) is 0 Å². The Balaban J connectivity index is 2.33. The molecule has 21 heavy (non-hydrogen) atoms. The topological polar surface area (TPSA) is 74.8 Å². The van der Waals surface area contributed by atoms with E-state index < -0.39 is 6.03 Å². The summed E-state index contributed by atoms with van der Waals surface area (Å²) in [5.74, 6) is -0.317. The molecule has 0 heterocycles. The zero-order chi connectivity index (χ0) is 15.7. The van der Waals surface area contributed by atoms with Gasteiger partial charge in [0.15, 0.2) is 6.54 Å². The highest BCUT2D eigenvalue weighted by Crippen LogP contribution is 2.19. The van der Waals surface area contributed by atoms with Crippen LogP contribution in [0.4, 0.5) is 4.79 Å². The molecule has 0 saturated heterocycles. The maximum absolute atomic E-state index is 11.7. The fourth-order valence-electron chi connectivity index (χ4n) is 1.86. The van der Waals surface area contributed by atoms with Crippen LogP contribution in [0.15, 0.2) is 24.3 Å². The summed E-state index contributed by atoms with van der Waals surface area (Å²) in [6.45, 7) is 4.76. The zero-order valence-electron chi connectivity index (χ0n) is 12.5. The number of unbranched alkanes of at least 4 members (excludes halogenated alkanes) is 1. The van der Waals surface area contributed by atoms with E-state index in [0.717, 1.165) is 18.4 Å². The summed E-state index contributed by atoms with van der Waals surface area (Å²) in [5.41, 5.74) is 0.972. The molecule has 0 aliphatic carbocycles. The van der Waals surface area contributed by atoms with Crippen molar-refractivity contribution < 1.29 is 14.9 Å². The van der Waals surface area contributed by atoms with Gasteiger partial charge in [-0.3, -0.25) is 10.1 Å². The van der Waals surface area contributed by atoms with Crippen LogP contribution in [0, 0.1) is 0 Å². The van der Waals surface area contributed by atoms with Crippen LogP contribution < -0.4 is 16.0 Å². The molecular formula is C15H23ClN3O2+. The average Bonchev–Trinajstić information content (AvgIpc) is 2.45. The van der Waals surface area contributed by atoms with E-state index in [-0.39, 0.29) is 18.5 Å². The summed E-state index contributed by atoms with van der Waals surface area (Å²) in [5, 5.41) is 7.47. The maximum atomic E-state index is 11.7. The van der Waals surface area contributed by atoms with Gasteiger partial charge in [0.2, 0.25) is 0 Å². The quantitative estimate of drug-likeness (QED) is 0.669. The van der Waals surface area contributed by atoms with E-state index in [1.165, 1.54) is 0 Å². The highest BCUT2D eigenvalue weighted by molar-refractivity contribution is 6.31. The number of carbonyl (C=O) groups excluding carboxylic acids is 2. The third kappa shape index (κ3) is 6.60. The molecule has 0 unspecified atom stereocenters. The van der Waals surface area contributed by atoms with Crippen molar-refractivity contribution in [1.82, 2.24) is 10.6 Å². The Morgan fingerprint density at radius 2 is 2.05 bits per heavy atom. The summed E-state index contributed by atoms with van der Waals surface area (Å²) in [7, 11) is 0. The van der Waals surface area contributed by atoms with E-state index in [2.05, 4.69) is 10.6 Å². The Morgan fingerprint density at radius 1 is 1.33 bits per heavy atom. The number of hydrogen-bond acceptors (Lipinski definition) is 2. The van der Waals surface area contributed by atoms with Crippen LogP contribution in [0.5, 0.6) is 0 Å². The molecule has 1 rings (SSSR count). The van der Waals surface area contributed by atoms with Gasteiger partial charge in [0.25, 0.3) is 5.91 Å². The van der Waals surface area contributed by atoms with Crippen molar-refractivity contribution in [3.63, 3.8) is 0 Å². The first kappa shape index (κ1) is 17.5. The van der Waals surface area contributed by atoms with Gasteiger partial charge in [-0.2, -0.15) is 0 Å².